The Labute approximate surface area is 181 Å². The second kappa shape index (κ2) is 14.2. The molecule has 0 spiro atoms. The molecule has 176 valence electrons. The summed E-state index contributed by atoms with van der Waals surface area (Å²) in [5, 5.41) is 33.5. The van der Waals surface area contributed by atoms with Crippen LogP contribution < -0.4 is 27.4 Å². The molecule has 0 aromatic heterocycles. The Balaban J connectivity index is 5.25. The molecular formula is C16H27N5O9S. The van der Waals surface area contributed by atoms with Gasteiger partial charge in [0.2, 0.25) is 23.6 Å². The number of aliphatic hydroxyl groups is 1. The summed E-state index contributed by atoms with van der Waals surface area (Å²) in [6.45, 7) is -0.937. The molecule has 31 heavy (non-hydrogen) atoms. The van der Waals surface area contributed by atoms with E-state index < -0.39 is 79.2 Å². The number of aliphatic hydroxyl groups excluding tert-OH is 1. The summed E-state index contributed by atoms with van der Waals surface area (Å²) in [7, 11) is 0. The fourth-order valence-electron chi connectivity index (χ4n) is 2.20. The molecule has 15 heteroatoms. The molecule has 0 saturated carbocycles. The topological polar surface area (TPSA) is 251 Å². The molecular weight excluding hydrogens is 438 g/mol. The molecule has 14 nitrogen and oxygen atoms in total. The summed E-state index contributed by atoms with van der Waals surface area (Å²) in [5.74, 6) is -6.40. The fourth-order valence-corrected chi connectivity index (χ4v) is 2.67. The minimum Gasteiger partial charge on any atom is -0.481 e. The normalized spacial score (nSPS) is 14.4. The van der Waals surface area contributed by atoms with E-state index in [0.29, 0.717) is 5.75 Å². The highest BCUT2D eigenvalue weighted by atomic mass is 32.2. The molecule has 0 aliphatic heterocycles. The zero-order valence-corrected chi connectivity index (χ0v) is 17.5. The summed E-state index contributed by atoms with van der Waals surface area (Å²) < 4.78 is 0. The molecule has 0 fully saturated rings. The van der Waals surface area contributed by atoms with Crippen molar-refractivity contribution in [3.63, 3.8) is 0 Å². The Bertz CT molecular complexity index is 690. The van der Waals surface area contributed by atoms with Gasteiger partial charge >= 0.3 is 11.9 Å². The number of carboxylic acids is 2. The van der Waals surface area contributed by atoms with Gasteiger partial charge in [-0.25, -0.2) is 4.79 Å². The number of aliphatic carboxylic acids is 2. The first-order valence-electron chi connectivity index (χ1n) is 8.92. The van der Waals surface area contributed by atoms with Crippen molar-refractivity contribution in [2.75, 3.05) is 18.6 Å². The molecule has 10 N–H and O–H groups in total. The van der Waals surface area contributed by atoms with E-state index in [1.807, 2.05) is 5.32 Å². The molecule has 4 amide bonds. The van der Waals surface area contributed by atoms with Gasteiger partial charge in [0.15, 0.2) is 0 Å². The van der Waals surface area contributed by atoms with Gasteiger partial charge in [-0.1, -0.05) is 0 Å². The van der Waals surface area contributed by atoms with Crippen molar-refractivity contribution in [2.24, 2.45) is 11.5 Å². The van der Waals surface area contributed by atoms with Crippen LogP contribution >= 0.6 is 11.8 Å². The van der Waals surface area contributed by atoms with Gasteiger partial charge in [0.05, 0.1) is 25.5 Å². The maximum Gasteiger partial charge on any atom is 0.326 e. The molecule has 0 aromatic rings. The summed E-state index contributed by atoms with van der Waals surface area (Å²) in [5.41, 5.74) is 10.4. The summed E-state index contributed by atoms with van der Waals surface area (Å²) in [4.78, 5) is 69.8. The van der Waals surface area contributed by atoms with Crippen molar-refractivity contribution >= 4 is 47.3 Å². The molecule has 0 rings (SSSR count). The van der Waals surface area contributed by atoms with Crippen LogP contribution in [0.5, 0.6) is 0 Å². The average molecular weight is 465 g/mol. The van der Waals surface area contributed by atoms with Crippen molar-refractivity contribution in [3.8, 4) is 0 Å². The van der Waals surface area contributed by atoms with Crippen molar-refractivity contribution in [1.82, 2.24) is 16.0 Å². The lowest BCUT2D eigenvalue weighted by Crippen LogP contribution is -2.58. The first-order chi connectivity index (χ1) is 14.4. The highest BCUT2D eigenvalue weighted by molar-refractivity contribution is 7.98. The number of hydrogen-bond acceptors (Lipinski definition) is 9. The summed E-state index contributed by atoms with van der Waals surface area (Å²) >= 11 is 1.35. The Kier molecular flexibility index (Phi) is 12.8. The largest absolute Gasteiger partial charge is 0.481 e. The van der Waals surface area contributed by atoms with Gasteiger partial charge in [-0.15, -0.1) is 0 Å². The zero-order valence-electron chi connectivity index (χ0n) is 16.7. The number of carbonyl (C=O) groups excluding carboxylic acids is 4. The van der Waals surface area contributed by atoms with E-state index in [2.05, 4.69) is 10.6 Å². The average Bonchev–Trinajstić information content (AvgIpc) is 2.66. The highest BCUT2D eigenvalue weighted by Gasteiger charge is 2.31. The molecule has 0 heterocycles. The summed E-state index contributed by atoms with van der Waals surface area (Å²) in [6.07, 6.45) is 0.404. The third kappa shape index (κ3) is 11.2. The molecule has 0 saturated heterocycles. The van der Waals surface area contributed by atoms with Crippen LogP contribution in [-0.2, 0) is 28.8 Å². The second-order valence-corrected chi connectivity index (χ2v) is 7.35. The van der Waals surface area contributed by atoms with Crippen molar-refractivity contribution in [1.29, 1.82) is 0 Å². The molecule has 4 unspecified atom stereocenters. The van der Waals surface area contributed by atoms with Crippen LogP contribution in [-0.4, -0.2) is 93.7 Å². The molecule has 4 atom stereocenters. The lowest BCUT2D eigenvalue weighted by Gasteiger charge is -2.23. The monoisotopic (exact) mass is 465 g/mol. The van der Waals surface area contributed by atoms with Crippen LogP contribution in [0, 0.1) is 0 Å². The minimum absolute atomic E-state index is 0.0796. The number of thioether (sulfide) groups is 1. The third-order valence-electron chi connectivity index (χ3n) is 3.81. The maximum atomic E-state index is 12.4. The van der Waals surface area contributed by atoms with Gasteiger partial charge in [0.25, 0.3) is 0 Å². The molecule has 0 aliphatic carbocycles. The van der Waals surface area contributed by atoms with E-state index in [0.717, 1.165) is 0 Å². The standard InChI is InChI=1S/C16H27N5O9S/c1-31-3-2-8(16(29)30)19-14(27)9(5-11(18)23)20-15(28)10(6-22)21-13(26)7(17)4-12(24)25/h7-10,22H,2-6,17H2,1H3,(H2,18,23)(H,19,27)(H,20,28)(H,21,26)(H,24,25)(H,29,30). The van der Waals surface area contributed by atoms with E-state index in [1.165, 1.54) is 11.8 Å². The van der Waals surface area contributed by atoms with E-state index in [-0.39, 0.29) is 6.42 Å². The zero-order chi connectivity index (χ0) is 24.1. The van der Waals surface area contributed by atoms with E-state index in [1.54, 1.807) is 6.26 Å². The number of carboxylic acid groups (broad SMARTS) is 2. The van der Waals surface area contributed by atoms with Crippen LogP contribution in [0.1, 0.15) is 19.3 Å². The quantitative estimate of drug-likeness (QED) is 0.115. The smallest absolute Gasteiger partial charge is 0.326 e. The Morgan fingerprint density at radius 3 is 1.84 bits per heavy atom. The van der Waals surface area contributed by atoms with Crippen LogP contribution in [0.4, 0.5) is 0 Å². The van der Waals surface area contributed by atoms with E-state index in [9.17, 15) is 39.0 Å². The lowest BCUT2D eigenvalue weighted by atomic mass is 10.1. The minimum atomic E-state index is -1.62. The second-order valence-electron chi connectivity index (χ2n) is 6.36. The predicted octanol–water partition coefficient (Wildman–Crippen LogP) is -4.05. The molecule has 0 aliphatic rings. The van der Waals surface area contributed by atoms with Crippen molar-refractivity contribution in [3.05, 3.63) is 0 Å². The fraction of sp³-hybridized carbons (Fsp3) is 0.625. The Hall–Kier alpha value is -2.91. The number of primary amides is 1. The van der Waals surface area contributed by atoms with Gasteiger partial charge < -0.3 is 42.7 Å². The van der Waals surface area contributed by atoms with Crippen molar-refractivity contribution in [2.45, 2.75) is 43.4 Å². The first-order valence-corrected chi connectivity index (χ1v) is 10.3. The number of rotatable bonds is 15. The number of hydrogen-bond donors (Lipinski definition) is 8. The van der Waals surface area contributed by atoms with E-state index >= 15 is 0 Å². The SMILES string of the molecule is CSCCC(NC(=O)C(CC(N)=O)NC(=O)C(CO)NC(=O)C(N)CC(=O)O)C(=O)O. The van der Waals surface area contributed by atoms with Gasteiger partial charge in [0.1, 0.15) is 18.1 Å². The van der Waals surface area contributed by atoms with Crippen LogP contribution in [0.2, 0.25) is 0 Å². The number of nitrogens with one attached hydrogen (secondary N) is 3. The van der Waals surface area contributed by atoms with Crippen LogP contribution in [0.15, 0.2) is 0 Å². The predicted molar refractivity (Wildman–Crippen MR) is 108 cm³/mol. The van der Waals surface area contributed by atoms with Crippen LogP contribution in [0.3, 0.4) is 0 Å². The molecule has 0 aromatic carbocycles. The Morgan fingerprint density at radius 2 is 1.39 bits per heavy atom. The van der Waals surface area contributed by atoms with Gasteiger partial charge in [-0.3, -0.25) is 24.0 Å². The third-order valence-corrected chi connectivity index (χ3v) is 4.45. The van der Waals surface area contributed by atoms with E-state index in [4.69, 9.17) is 16.6 Å². The maximum absolute atomic E-state index is 12.4. The number of carbonyl (C=O) groups is 6. The lowest BCUT2D eigenvalue weighted by molar-refractivity contribution is -0.142. The Morgan fingerprint density at radius 1 is 0.871 bits per heavy atom. The number of nitrogens with two attached hydrogens (primary N) is 2. The van der Waals surface area contributed by atoms with Gasteiger partial charge in [-0.2, -0.15) is 11.8 Å². The number of amides is 4. The van der Waals surface area contributed by atoms with Crippen molar-refractivity contribution < 1.29 is 44.1 Å². The highest BCUT2D eigenvalue weighted by Crippen LogP contribution is 2.03. The summed E-state index contributed by atoms with van der Waals surface area (Å²) in [6, 6.07) is -5.99. The molecule has 0 radical (unpaired) electrons. The first kappa shape index (κ1) is 28.1. The van der Waals surface area contributed by atoms with Gasteiger partial charge in [0, 0.05) is 0 Å². The molecule has 0 bridgehead atoms. The van der Waals surface area contributed by atoms with Crippen LogP contribution in [0.25, 0.3) is 0 Å². The van der Waals surface area contributed by atoms with Gasteiger partial charge in [-0.05, 0) is 18.4 Å².